The summed E-state index contributed by atoms with van der Waals surface area (Å²) < 4.78 is 7.40. The number of carbonyl (C=O) groups excluding carboxylic acids is 1. The zero-order valence-corrected chi connectivity index (χ0v) is 14.0. The Hall–Kier alpha value is -2.89. The molecule has 24 heavy (non-hydrogen) atoms. The number of aryl methyl sites for hydroxylation is 4. The monoisotopic (exact) mass is 324 g/mol. The Kier molecular flexibility index (Phi) is 4.46. The summed E-state index contributed by atoms with van der Waals surface area (Å²) in [6, 6.07) is 8.05. The number of amides is 1. The van der Waals surface area contributed by atoms with E-state index in [1.54, 1.807) is 17.1 Å². The van der Waals surface area contributed by atoms with Crippen molar-refractivity contribution in [3.05, 3.63) is 53.8 Å². The summed E-state index contributed by atoms with van der Waals surface area (Å²) in [5.74, 6) is 1.19. The average Bonchev–Trinajstić information content (AvgIpc) is 3.13. The molecule has 1 aromatic carbocycles. The summed E-state index contributed by atoms with van der Waals surface area (Å²) >= 11 is 0. The molecule has 0 radical (unpaired) electrons. The minimum atomic E-state index is -0.0822. The summed E-state index contributed by atoms with van der Waals surface area (Å²) in [6.45, 7) is 3.90. The van der Waals surface area contributed by atoms with Gasteiger partial charge in [0.25, 0.3) is 0 Å². The first-order valence-corrected chi connectivity index (χ1v) is 7.83. The van der Waals surface area contributed by atoms with Gasteiger partial charge in [0.15, 0.2) is 11.7 Å². The van der Waals surface area contributed by atoms with Crippen LogP contribution in [0.25, 0.3) is 11.3 Å². The molecule has 6 heteroatoms. The second-order valence-corrected chi connectivity index (χ2v) is 5.83. The maximum atomic E-state index is 12.0. The van der Waals surface area contributed by atoms with E-state index in [9.17, 15) is 4.79 Å². The number of oxazole rings is 1. The van der Waals surface area contributed by atoms with Gasteiger partial charge in [-0.25, -0.2) is 4.98 Å². The van der Waals surface area contributed by atoms with E-state index in [1.807, 2.05) is 45.2 Å². The molecule has 2 aromatic heterocycles. The second-order valence-electron chi connectivity index (χ2n) is 5.83. The molecule has 0 aliphatic rings. The Morgan fingerprint density at radius 2 is 2.00 bits per heavy atom. The van der Waals surface area contributed by atoms with E-state index >= 15 is 0 Å². The third-order valence-electron chi connectivity index (χ3n) is 3.74. The number of hydrogen-bond acceptors (Lipinski definition) is 4. The minimum Gasteiger partial charge on any atom is -0.441 e. The van der Waals surface area contributed by atoms with Crippen LogP contribution in [-0.4, -0.2) is 20.7 Å². The van der Waals surface area contributed by atoms with Crippen molar-refractivity contribution < 1.29 is 9.21 Å². The van der Waals surface area contributed by atoms with Crippen LogP contribution in [0.5, 0.6) is 0 Å². The third-order valence-corrected chi connectivity index (χ3v) is 3.74. The molecule has 2 heterocycles. The largest absolute Gasteiger partial charge is 0.441 e. The first kappa shape index (κ1) is 16.0. The second kappa shape index (κ2) is 6.70. The molecule has 0 saturated heterocycles. The maximum Gasteiger partial charge on any atom is 0.224 e. The quantitative estimate of drug-likeness (QED) is 0.782. The van der Waals surface area contributed by atoms with Gasteiger partial charge in [-0.3, -0.25) is 9.48 Å². The van der Waals surface area contributed by atoms with Crippen LogP contribution < -0.4 is 5.32 Å². The van der Waals surface area contributed by atoms with Crippen molar-refractivity contribution in [1.29, 1.82) is 0 Å². The predicted molar refractivity (Wildman–Crippen MR) is 91.6 cm³/mol. The van der Waals surface area contributed by atoms with Gasteiger partial charge in [0, 0.05) is 31.6 Å². The lowest BCUT2D eigenvalue weighted by Gasteiger charge is -2.02. The molecule has 0 bridgehead atoms. The molecule has 0 spiro atoms. The Morgan fingerprint density at radius 3 is 2.67 bits per heavy atom. The molecule has 0 atom stereocenters. The number of carbonyl (C=O) groups is 1. The molecule has 1 N–H and O–H groups in total. The lowest BCUT2D eigenvalue weighted by Crippen LogP contribution is -2.12. The normalized spacial score (nSPS) is 10.8. The molecule has 6 nitrogen and oxygen atoms in total. The van der Waals surface area contributed by atoms with Gasteiger partial charge in [0.1, 0.15) is 0 Å². The summed E-state index contributed by atoms with van der Waals surface area (Å²) in [5.41, 5.74) is 3.70. The summed E-state index contributed by atoms with van der Waals surface area (Å²) in [5, 5.41) is 7.05. The highest BCUT2D eigenvalue weighted by Crippen LogP contribution is 2.21. The van der Waals surface area contributed by atoms with Crippen molar-refractivity contribution in [2.75, 3.05) is 5.32 Å². The molecule has 124 valence electrons. The number of rotatable bonds is 5. The van der Waals surface area contributed by atoms with Gasteiger partial charge in [-0.1, -0.05) is 29.8 Å². The fourth-order valence-electron chi connectivity index (χ4n) is 2.43. The van der Waals surface area contributed by atoms with E-state index in [0.29, 0.717) is 24.5 Å². The van der Waals surface area contributed by atoms with Crippen molar-refractivity contribution in [3.63, 3.8) is 0 Å². The third kappa shape index (κ3) is 3.71. The average molecular weight is 324 g/mol. The highest BCUT2D eigenvalue weighted by Gasteiger charge is 2.11. The van der Waals surface area contributed by atoms with Crippen LogP contribution in [0.15, 0.2) is 41.1 Å². The lowest BCUT2D eigenvalue weighted by molar-refractivity contribution is -0.116. The fraction of sp³-hybridized carbons (Fsp3) is 0.278. The number of benzene rings is 1. The maximum absolute atomic E-state index is 12.0. The van der Waals surface area contributed by atoms with Crippen LogP contribution in [-0.2, 0) is 18.3 Å². The Labute approximate surface area is 140 Å². The summed E-state index contributed by atoms with van der Waals surface area (Å²) in [6.07, 6.45) is 4.25. The molecular formula is C18H20N4O2. The number of anilines is 1. The molecule has 0 aliphatic heterocycles. The lowest BCUT2D eigenvalue weighted by atomic mass is 10.1. The topological polar surface area (TPSA) is 73.0 Å². The minimum absolute atomic E-state index is 0.0822. The Balaban J connectivity index is 1.58. The Morgan fingerprint density at radius 1 is 1.25 bits per heavy atom. The zero-order valence-electron chi connectivity index (χ0n) is 14.0. The van der Waals surface area contributed by atoms with Gasteiger partial charge in [0.05, 0.1) is 17.6 Å². The van der Waals surface area contributed by atoms with Crippen molar-refractivity contribution in [2.45, 2.75) is 26.7 Å². The standard InChI is InChI=1S/C18H20N4O2/c1-12-4-6-14(7-5-12)16-10-19-18(24-16)9-8-17(23)20-15-11-22(3)21-13(15)2/h4-7,10-11H,8-9H2,1-3H3,(H,20,23). The molecule has 0 aliphatic carbocycles. The fourth-order valence-corrected chi connectivity index (χ4v) is 2.43. The first-order valence-electron chi connectivity index (χ1n) is 7.83. The van der Waals surface area contributed by atoms with Gasteiger partial charge >= 0.3 is 0 Å². The van der Waals surface area contributed by atoms with Gasteiger partial charge < -0.3 is 9.73 Å². The predicted octanol–water partition coefficient (Wildman–Crippen LogP) is 3.26. The van der Waals surface area contributed by atoms with E-state index in [1.165, 1.54) is 5.56 Å². The van der Waals surface area contributed by atoms with Crippen LogP contribution in [0.2, 0.25) is 0 Å². The summed E-state index contributed by atoms with van der Waals surface area (Å²) in [7, 11) is 1.82. The van der Waals surface area contributed by atoms with E-state index in [2.05, 4.69) is 15.4 Å². The number of nitrogens with zero attached hydrogens (tertiary/aromatic N) is 3. The molecule has 0 unspecified atom stereocenters. The molecular weight excluding hydrogens is 304 g/mol. The highest BCUT2D eigenvalue weighted by atomic mass is 16.4. The van der Waals surface area contributed by atoms with Crippen molar-refractivity contribution in [3.8, 4) is 11.3 Å². The Bertz CT molecular complexity index is 846. The van der Waals surface area contributed by atoms with E-state index < -0.39 is 0 Å². The van der Waals surface area contributed by atoms with Crippen LogP contribution >= 0.6 is 0 Å². The van der Waals surface area contributed by atoms with Crippen LogP contribution in [0, 0.1) is 13.8 Å². The van der Waals surface area contributed by atoms with Crippen LogP contribution in [0.4, 0.5) is 5.69 Å². The van der Waals surface area contributed by atoms with E-state index in [4.69, 9.17) is 4.42 Å². The van der Waals surface area contributed by atoms with E-state index in [-0.39, 0.29) is 5.91 Å². The van der Waals surface area contributed by atoms with Gasteiger partial charge in [-0.05, 0) is 13.8 Å². The molecule has 0 fully saturated rings. The van der Waals surface area contributed by atoms with E-state index in [0.717, 1.165) is 16.9 Å². The molecule has 3 rings (SSSR count). The van der Waals surface area contributed by atoms with Gasteiger partial charge in [-0.15, -0.1) is 0 Å². The number of hydrogen-bond donors (Lipinski definition) is 1. The van der Waals surface area contributed by atoms with Crippen LogP contribution in [0.3, 0.4) is 0 Å². The van der Waals surface area contributed by atoms with Crippen molar-refractivity contribution >= 4 is 11.6 Å². The zero-order chi connectivity index (χ0) is 17.1. The number of aromatic nitrogens is 3. The molecule has 1 amide bonds. The van der Waals surface area contributed by atoms with Gasteiger partial charge in [-0.2, -0.15) is 5.10 Å². The smallest absolute Gasteiger partial charge is 0.224 e. The molecule has 0 saturated carbocycles. The van der Waals surface area contributed by atoms with Crippen molar-refractivity contribution in [1.82, 2.24) is 14.8 Å². The van der Waals surface area contributed by atoms with Gasteiger partial charge in [0.2, 0.25) is 5.91 Å². The summed E-state index contributed by atoms with van der Waals surface area (Å²) in [4.78, 5) is 16.3. The highest BCUT2D eigenvalue weighted by molar-refractivity contribution is 5.91. The molecule has 3 aromatic rings. The SMILES string of the molecule is Cc1ccc(-c2cnc(CCC(=O)Nc3cn(C)nc3C)o2)cc1. The van der Waals surface area contributed by atoms with Crippen molar-refractivity contribution in [2.24, 2.45) is 7.05 Å². The first-order chi connectivity index (χ1) is 11.5. The van der Waals surface area contributed by atoms with Crippen LogP contribution in [0.1, 0.15) is 23.6 Å². The number of nitrogens with one attached hydrogen (secondary N) is 1.